The summed E-state index contributed by atoms with van der Waals surface area (Å²) in [4.78, 5) is 13.7. The summed E-state index contributed by atoms with van der Waals surface area (Å²) in [7, 11) is 1.66. The molecule has 0 aliphatic carbocycles. The van der Waals surface area contributed by atoms with E-state index in [9.17, 15) is 4.79 Å². The zero-order valence-electron chi connectivity index (χ0n) is 14.4. The molecule has 3 rings (SSSR count). The van der Waals surface area contributed by atoms with Gasteiger partial charge >= 0.3 is 0 Å². The zero-order chi connectivity index (χ0) is 17.7. The molecule has 1 saturated heterocycles. The van der Waals surface area contributed by atoms with Gasteiger partial charge in [0.05, 0.1) is 19.1 Å². The number of rotatable bonds is 6. The summed E-state index contributed by atoms with van der Waals surface area (Å²) < 4.78 is 10.6. The van der Waals surface area contributed by atoms with E-state index < -0.39 is 5.41 Å². The van der Waals surface area contributed by atoms with E-state index in [1.54, 1.807) is 18.4 Å². The number of carbonyl (C=O) groups excluding carboxylic acids is 1. The van der Waals surface area contributed by atoms with E-state index in [0.717, 1.165) is 21.8 Å². The van der Waals surface area contributed by atoms with Crippen LogP contribution in [-0.2, 0) is 16.1 Å². The van der Waals surface area contributed by atoms with Gasteiger partial charge in [0, 0.05) is 24.6 Å². The number of methoxy groups -OCH3 is 1. The number of nitrogens with two attached hydrogens (primary N) is 1. The van der Waals surface area contributed by atoms with Gasteiger partial charge in [-0.2, -0.15) is 0 Å². The van der Waals surface area contributed by atoms with Gasteiger partial charge in [-0.3, -0.25) is 4.79 Å². The number of benzene rings is 1. The Kier molecular flexibility index (Phi) is 5.73. The van der Waals surface area contributed by atoms with Crippen LogP contribution >= 0.6 is 11.3 Å². The van der Waals surface area contributed by atoms with E-state index in [2.05, 4.69) is 16.8 Å². The Labute approximate surface area is 152 Å². The molecular weight excluding hydrogens is 336 g/mol. The Balaban J connectivity index is 1.62. The van der Waals surface area contributed by atoms with Crippen LogP contribution in [0.4, 0.5) is 0 Å². The maximum absolute atomic E-state index is 12.6. The molecule has 0 unspecified atom stereocenters. The summed E-state index contributed by atoms with van der Waals surface area (Å²) in [6.07, 6.45) is 1.38. The van der Waals surface area contributed by atoms with Gasteiger partial charge in [-0.15, -0.1) is 11.3 Å². The lowest BCUT2D eigenvalue weighted by Gasteiger charge is -2.34. The second-order valence-corrected chi connectivity index (χ2v) is 7.31. The SMILES string of the molecule is COc1ccc(-c2csc(CNC(=O)C3(CN)CCOCC3)c2)cc1. The highest BCUT2D eigenvalue weighted by Crippen LogP contribution is 2.30. The number of carbonyl (C=O) groups is 1. The molecular formula is C19H24N2O3S. The quantitative estimate of drug-likeness (QED) is 0.831. The molecule has 25 heavy (non-hydrogen) atoms. The van der Waals surface area contributed by atoms with Crippen LogP contribution in [0.2, 0.25) is 0 Å². The molecule has 3 N–H and O–H groups in total. The molecule has 0 spiro atoms. The van der Waals surface area contributed by atoms with Crippen LogP contribution in [0, 0.1) is 5.41 Å². The standard InChI is InChI=1S/C19H24N2O3S/c1-23-16-4-2-14(3-5-16)15-10-17(25-12-15)11-21-18(22)19(13-20)6-8-24-9-7-19/h2-5,10,12H,6-9,11,13,20H2,1H3,(H,21,22). The van der Waals surface area contributed by atoms with Gasteiger partial charge in [-0.25, -0.2) is 0 Å². The van der Waals surface area contributed by atoms with Crippen LogP contribution in [0.3, 0.4) is 0 Å². The number of hydrogen-bond acceptors (Lipinski definition) is 5. The van der Waals surface area contributed by atoms with Gasteiger partial charge in [0.2, 0.25) is 5.91 Å². The van der Waals surface area contributed by atoms with Crippen molar-refractivity contribution in [1.29, 1.82) is 0 Å². The summed E-state index contributed by atoms with van der Waals surface area (Å²) in [5.74, 6) is 0.882. The van der Waals surface area contributed by atoms with Crippen molar-refractivity contribution in [3.63, 3.8) is 0 Å². The third kappa shape index (κ3) is 4.03. The van der Waals surface area contributed by atoms with E-state index in [1.165, 1.54) is 0 Å². The van der Waals surface area contributed by atoms with E-state index >= 15 is 0 Å². The van der Waals surface area contributed by atoms with Crippen molar-refractivity contribution in [1.82, 2.24) is 5.32 Å². The molecule has 2 aromatic rings. The Morgan fingerprint density at radius 1 is 1.28 bits per heavy atom. The minimum Gasteiger partial charge on any atom is -0.497 e. The van der Waals surface area contributed by atoms with Crippen molar-refractivity contribution in [3.8, 4) is 16.9 Å². The van der Waals surface area contributed by atoms with Gasteiger partial charge < -0.3 is 20.5 Å². The monoisotopic (exact) mass is 360 g/mol. The summed E-state index contributed by atoms with van der Waals surface area (Å²) in [6.45, 7) is 2.10. The van der Waals surface area contributed by atoms with Crippen molar-refractivity contribution < 1.29 is 14.3 Å². The minimum absolute atomic E-state index is 0.0395. The van der Waals surface area contributed by atoms with Crippen LogP contribution in [-0.4, -0.2) is 32.8 Å². The molecule has 5 nitrogen and oxygen atoms in total. The fourth-order valence-electron chi connectivity index (χ4n) is 3.05. The van der Waals surface area contributed by atoms with E-state index in [1.807, 2.05) is 24.3 Å². The van der Waals surface area contributed by atoms with Crippen molar-refractivity contribution in [2.75, 3.05) is 26.9 Å². The molecule has 6 heteroatoms. The summed E-state index contributed by atoms with van der Waals surface area (Å²) in [5.41, 5.74) is 7.70. The second-order valence-electron chi connectivity index (χ2n) is 6.31. The van der Waals surface area contributed by atoms with Gasteiger partial charge in [0.15, 0.2) is 0 Å². The highest BCUT2D eigenvalue weighted by Gasteiger charge is 2.38. The van der Waals surface area contributed by atoms with Gasteiger partial charge in [-0.1, -0.05) is 12.1 Å². The first-order chi connectivity index (χ1) is 12.2. The molecule has 1 aliphatic rings. The lowest BCUT2D eigenvalue weighted by molar-refractivity contribution is -0.136. The lowest BCUT2D eigenvalue weighted by atomic mass is 9.79. The van der Waals surface area contributed by atoms with Crippen molar-refractivity contribution in [2.45, 2.75) is 19.4 Å². The van der Waals surface area contributed by atoms with Crippen molar-refractivity contribution in [3.05, 3.63) is 40.6 Å². The number of ether oxygens (including phenoxy) is 2. The summed E-state index contributed by atoms with van der Waals surface area (Å²) in [5, 5.41) is 5.17. The topological polar surface area (TPSA) is 73.6 Å². The van der Waals surface area contributed by atoms with Crippen molar-refractivity contribution >= 4 is 17.2 Å². The molecule has 0 saturated carbocycles. The molecule has 134 valence electrons. The van der Waals surface area contributed by atoms with Crippen LogP contribution in [0.15, 0.2) is 35.7 Å². The number of nitrogens with one attached hydrogen (secondary N) is 1. The van der Waals surface area contributed by atoms with Crippen LogP contribution in [0.25, 0.3) is 11.1 Å². The highest BCUT2D eigenvalue weighted by atomic mass is 32.1. The maximum Gasteiger partial charge on any atom is 0.227 e. The molecule has 1 aromatic carbocycles. The Morgan fingerprint density at radius 2 is 2.00 bits per heavy atom. The average molecular weight is 360 g/mol. The molecule has 1 fully saturated rings. The highest BCUT2D eigenvalue weighted by molar-refractivity contribution is 7.10. The third-order valence-corrected chi connectivity index (χ3v) is 5.76. The molecule has 0 bridgehead atoms. The maximum atomic E-state index is 12.6. The first-order valence-electron chi connectivity index (χ1n) is 8.45. The Hall–Kier alpha value is -1.89. The molecule has 1 aromatic heterocycles. The average Bonchev–Trinajstić information content (AvgIpc) is 3.15. The van der Waals surface area contributed by atoms with Crippen molar-refractivity contribution in [2.24, 2.45) is 11.1 Å². The van der Waals surface area contributed by atoms with E-state index in [0.29, 0.717) is 39.1 Å². The molecule has 2 heterocycles. The van der Waals surface area contributed by atoms with E-state index in [4.69, 9.17) is 15.2 Å². The van der Waals surface area contributed by atoms with Gasteiger partial charge in [-0.05, 0) is 47.5 Å². The summed E-state index contributed by atoms with van der Waals surface area (Å²) in [6, 6.07) is 10.1. The van der Waals surface area contributed by atoms with Crippen LogP contribution in [0.5, 0.6) is 5.75 Å². The molecule has 0 radical (unpaired) electrons. The van der Waals surface area contributed by atoms with E-state index in [-0.39, 0.29) is 5.91 Å². The van der Waals surface area contributed by atoms with Crippen LogP contribution in [0.1, 0.15) is 17.7 Å². The predicted octanol–water partition coefficient (Wildman–Crippen LogP) is 2.80. The normalized spacial score (nSPS) is 16.4. The van der Waals surface area contributed by atoms with Crippen LogP contribution < -0.4 is 15.8 Å². The smallest absolute Gasteiger partial charge is 0.227 e. The van der Waals surface area contributed by atoms with Gasteiger partial charge in [0.1, 0.15) is 5.75 Å². The Bertz CT molecular complexity index is 706. The largest absolute Gasteiger partial charge is 0.497 e. The summed E-state index contributed by atoms with van der Waals surface area (Å²) >= 11 is 1.65. The number of amides is 1. The number of thiophene rings is 1. The predicted molar refractivity (Wildman–Crippen MR) is 99.7 cm³/mol. The second kappa shape index (κ2) is 7.99. The minimum atomic E-state index is -0.478. The zero-order valence-corrected chi connectivity index (χ0v) is 15.2. The molecule has 0 atom stereocenters. The van der Waals surface area contributed by atoms with Gasteiger partial charge in [0.25, 0.3) is 0 Å². The molecule has 1 aliphatic heterocycles. The fourth-order valence-corrected chi connectivity index (χ4v) is 3.88. The first-order valence-corrected chi connectivity index (χ1v) is 9.33. The number of hydrogen-bond donors (Lipinski definition) is 2. The lowest BCUT2D eigenvalue weighted by Crippen LogP contribution is -2.48. The fraction of sp³-hybridized carbons (Fsp3) is 0.421. The first kappa shape index (κ1) is 17.9. The third-order valence-electron chi connectivity index (χ3n) is 4.82. The Morgan fingerprint density at radius 3 is 2.64 bits per heavy atom. The molecule has 1 amide bonds.